The zero-order valence-corrected chi connectivity index (χ0v) is 21.5. The summed E-state index contributed by atoms with van der Waals surface area (Å²) in [7, 11) is 0. The summed E-state index contributed by atoms with van der Waals surface area (Å²) >= 11 is 12.6. The summed E-state index contributed by atoms with van der Waals surface area (Å²) < 4.78 is 0. The Morgan fingerprint density at radius 3 is 2.33 bits per heavy atom. The van der Waals surface area contributed by atoms with E-state index in [0.29, 0.717) is 35.2 Å². The summed E-state index contributed by atoms with van der Waals surface area (Å²) in [4.78, 5) is 16.1. The fraction of sp³-hybridized carbons (Fsp3) is 0.464. The minimum atomic E-state index is -0.669. The summed E-state index contributed by atoms with van der Waals surface area (Å²) in [6, 6.07) is 15.1. The molecule has 1 fully saturated rings. The molecule has 0 aliphatic carbocycles. The fourth-order valence-electron chi connectivity index (χ4n) is 5.28. The third-order valence-electron chi connectivity index (χ3n) is 6.81. The van der Waals surface area contributed by atoms with Crippen molar-refractivity contribution in [1.82, 2.24) is 4.90 Å². The normalized spacial score (nSPS) is 25.2. The summed E-state index contributed by atoms with van der Waals surface area (Å²) in [5.74, 6) is 0.383. The Hall–Kier alpha value is -1.81. The number of halogens is 2. The van der Waals surface area contributed by atoms with Gasteiger partial charge in [0, 0.05) is 16.0 Å². The van der Waals surface area contributed by atoms with Crippen molar-refractivity contribution in [2.24, 2.45) is 11.3 Å². The van der Waals surface area contributed by atoms with Gasteiger partial charge < -0.3 is 10.0 Å². The Morgan fingerprint density at radius 2 is 1.79 bits per heavy atom. The van der Waals surface area contributed by atoms with Gasteiger partial charge in [-0.3, -0.25) is 4.79 Å². The van der Waals surface area contributed by atoms with Crippen LogP contribution in [0.4, 0.5) is 0 Å². The number of amides is 1. The maximum Gasteiger partial charge on any atom is 0.229 e. The van der Waals surface area contributed by atoms with Gasteiger partial charge in [0.25, 0.3) is 0 Å². The smallest absolute Gasteiger partial charge is 0.229 e. The summed E-state index contributed by atoms with van der Waals surface area (Å²) in [5.41, 5.74) is 1.47. The van der Waals surface area contributed by atoms with Crippen molar-refractivity contribution < 1.29 is 9.90 Å². The highest BCUT2D eigenvalue weighted by Crippen LogP contribution is 2.52. The van der Waals surface area contributed by atoms with Crippen molar-refractivity contribution in [3.63, 3.8) is 0 Å². The zero-order chi connectivity index (χ0) is 24.3. The van der Waals surface area contributed by atoms with E-state index in [-0.39, 0.29) is 23.9 Å². The number of piperidine rings is 1. The van der Waals surface area contributed by atoms with Crippen molar-refractivity contribution in [3.8, 4) is 0 Å². The van der Waals surface area contributed by atoms with Crippen LogP contribution in [0.2, 0.25) is 10.0 Å². The van der Waals surface area contributed by atoms with Gasteiger partial charge in [-0.05, 0) is 67.5 Å². The van der Waals surface area contributed by atoms with Crippen molar-refractivity contribution in [2.75, 3.05) is 0 Å². The molecule has 3 nitrogen and oxygen atoms in total. The number of allylic oxidation sites excluding steroid dienone is 1. The molecule has 2 aromatic rings. The first kappa shape index (κ1) is 25.8. The molecule has 0 aromatic heterocycles. The number of rotatable bonds is 8. The maximum atomic E-state index is 14.2. The fourth-order valence-corrected chi connectivity index (χ4v) is 5.60. The highest BCUT2D eigenvalue weighted by Gasteiger charge is 2.51. The number of carbonyl (C=O) groups excluding carboxylic acids is 1. The van der Waals surface area contributed by atoms with Crippen LogP contribution in [0.5, 0.6) is 0 Å². The number of hydrogen-bond donors (Lipinski definition) is 1. The molecule has 0 saturated carbocycles. The van der Waals surface area contributed by atoms with E-state index < -0.39 is 11.5 Å². The summed E-state index contributed by atoms with van der Waals surface area (Å²) in [6.07, 6.45) is 3.10. The molecule has 1 amide bonds. The van der Waals surface area contributed by atoms with Crippen LogP contribution in [-0.4, -0.2) is 28.1 Å². The van der Waals surface area contributed by atoms with E-state index >= 15 is 0 Å². The lowest BCUT2D eigenvalue weighted by Crippen LogP contribution is -2.58. The van der Waals surface area contributed by atoms with Gasteiger partial charge in [-0.15, -0.1) is 6.58 Å². The number of aliphatic hydroxyl groups is 1. The molecule has 33 heavy (non-hydrogen) atoms. The van der Waals surface area contributed by atoms with E-state index in [0.717, 1.165) is 11.1 Å². The van der Waals surface area contributed by atoms with Crippen LogP contribution in [-0.2, 0) is 4.79 Å². The van der Waals surface area contributed by atoms with Gasteiger partial charge >= 0.3 is 0 Å². The lowest BCUT2D eigenvalue weighted by atomic mass is 9.66. The SMILES string of the molecule is C=CC[C@@]1(C)C[C@H](c2cccc(Cl)c2)[C@@H](c2ccc(Cl)cc2)N([C@@H](CC(C)C)[C@H](C)O)C1=O. The van der Waals surface area contributed by atoms with E-state index in [1.807, 2.05) is 60.4 Å². The Balaban J connectivity index is 2.25. The number of nitrogens with zero attached hydrogens (tertiary/aromatic N) is 1. The van der Waals surface area contributed by atoms with Crippen LogP contribution in [0.3, 0.4) is 0 Å². The van der Waals surface area contributed by atoms with Gasteiger partial charge in [0.2, 0.25) is 5.91 Å². The maximum absolute atomic E-state index is 14.2. The van der Waals surface area contributed by atoms with Gasteiger partial charge in [-0.25, -0.2) is 0 Å². The molecule has 0 radical (unpaired) electrons. The number of aliphatic hydroxyl groups excluding tert-OH is 1. The van der Waals surface area contributed by atoms with Crippen molar-refractivity contribution in [3.05, 3.63) is 82.4 Å². The first-order valence-corrected chi connectivity index (χ1v) is 12.5. The number of carbonyl (C=O) groups is 1. The largest absolute Gasteiger partial charge is 0.391 e. The Bertz CT molecular complexity index is 972. The molecular formula is C28H35Cl2NO2. The highest BCUT2D eigenvalue weighted by atomic mass is 35.5. The third kappa shape index (κ3) is 5.65. The zero-order valence-electron chi connectivity index (χ0n) is 20.0. The highest BCUT2D eigenvalue weighted by molar-refractivity contribution is 6.30. The average molecular weight is 488 g/mol. The Labute approximate surface area is 208 Å². The van der Waals surface area contributed by atoms with Crippen molar-refractivity contribution in [1.29, 1.82) is 0 Å². The van der Waals surface area contributed by atoms with Gasteiger partial charge in [-0.1, -0.05) is 74.3 Å². The van der Waals surface area contributed by atoms with E-state index in [1.54, 1.807) is 6.92 Å². The molecular weight excluding hydrogens is 453 g/mol. The molecule has 1 N–H and O–H groups in total. The number of likely N-dealkylation sites (tertiary alicyclic amines) is 1. The Kier molecular flexibility index (Phi) is 8.31. The molecule has 5 heteroatoms. The number of hydrogen-bond acceptors (Lipinski definition) is 2. The van der Waals surface area contributed by atoms with Crippen molar-refractivity contribution in [2.45, 2.75) is 71.1 Å². The molecule has 1 aliphatic heterocycles. The average Bonchev–Trinajstić information content (AvgIpc) is 2.74. The van der Waals surface area contributed by atoms with Gasteiger partial charge in [0.15, 0.2) is 0 Å². The quantitative estimate of drug-likeness (QED) is 0.393. The molecule has 0 bridgehead atoms. The van der Waals surface area contributed by atoms with Gasteiger partial charge in [0.05, 0.1) is 23.6 Å². The van der Waals surface area contributed by atoms with Crippen LogP contribution in [0.15, 0.2) is 61.2 Å². The molecule has 178 valence electrons. The van der Waals surface area contributed by atoms with Crippen LogP contribution in [0, 0.1) is 11.3 Å². The summed E-state index contributed by atoms with van der Waals surface area (Å²) in [6.45, 7) is 12.0. The van der Waals surface area contributed by atoms with Gasteiger partial charge in [-0.2, -0.15) is 0 Å². The van der Waals surface area contributed by atoms with Crippen LogP contribution < -0.4 is 0 Å². The summed E-state index contributed by atoms with van der Waals surface area (Å²) in [5, 5.41) is 12.2. The van der Waals surface area contributed by atoms with Crippen LogP contribution in [0.25, 0.3) is 0 Å². The topological polar surface area (TPSA) is 40.5 Å². The monoisotopic (exact) mass is 487 g/mol. The van der Waals surface area contributed by atoms with Crippen LogP contribution in [0.1, 0.15) is 70.0 Å². The second-order valence-corrected chi connectivity index (χ2v) is 10.9. The molecule has 2 aromatic carbocycles. The predicted octanol–water partition coefficient (Wildman–Crippen LogP) is 7.43. The van der Waals surface area contributed by atoms with E-state index in [2.05, 4.69) is 26.5 Å². The predicted molar refractivity (Wildman–Crippen MR) is 138 cm³/mol. The molecule has 1 aliphatic rings. The van der Waals surface area contributed by atoms with E-state index in [4.69, 9.17) is 23.2 Å². The molecule has 1 heterocycles. The van der Waals surface area contributed by atoms with Gasteiger partial charge in [0.1, 0.15) is 0 Å². The molecule has 3 rings (SSSR count). The molecule has 0 spiro atoms. The molecule has 5 atom stereocenters. The van der Waals surface area contributed by atoms with E-state index in [9.17, 15) is 9.90 Å². The first-order valence-electron chi connectivity index (χ1n) is 11.7. The molecule has 1 saturated heterocycles. The number of benzene rings is 2. The van der Waals surface area contributed by atoms with Crippen molar-refractivity contribution >= 4 is 29.1 Å². The second-order valence-electron chi connectivity index (χ2n) is 10.1. The molecule has 0 unspecified atom stereocenters. The lowest BCUT2D eigenvalue weighted by molar-refractivity contribution is -0.158. The minimum Gasteiger partial charge on any atom is -0.391 e. The van der Waals surface area contributed by atoms with E-state index in [1.165, 1.54) is 0 Å². The Morgan fingerprint density at radius 1 is 1.12 bits per heavy atom. The minimum absolute atomic E-state index is 0.000868. The van der Waals surface area contributed by atoms with Crippen LogP contribution >= 0.6 is 23.2 Å². The third-order valence-corrected chi connectivity index (χ3v) is 7.30. The second kappa shape index (κ2) is 10.6. The first-order chi connectivity index (χ1) is 15.6. The standard InChI is InChI=1S/C28H35Cl2NO2/c1-6-14-28(5)17-24(21-8-7-9-23(30)16-21)26(20-10-12-22(29)13-11-20)31(27(28)33)25(19(4)32)15-18(2)3/h6-13,16,18-19,24-26,32H,1,14-15,17H2,2-5H3/t19-,24+,25-,26+,28-/m0/s1. The lowest BCUT2D eigenvalue weighted by Gasteiger charge is -2.53.